The Kier molecular flexibility index (Phi) is 3.67. The fourth-order valence-corrected chi connectivity index (χ4v) is 2.71. The van der Waals surface area contributed by atoms with E-state index < -0.39 is 0 Å². The summed E-state index contributed by atoms with van der Waals surface area (Å²) in [6.45, 7) is 2.12. The van der Waals surface area contributed by atoms with Gasteiger partial charge in [-0.25, -0.2) is 15.0 Å². The Morgan fingerprint density at radius 1 is 0.958 bits per heavy atom. The number of pyridine rings is 1. The SMILES string of the molecule is C[C@H](Nc1ccnc(-c2cnc3ccccn23)n1)c1ccccc1. The first-order valence-corrected chi connectivity index (χ1v) is 7.88. The lowest BCUT2D eigenvalue weighted by molar-refractivity contribution is 0.872. The summed E-state index contributed by atoms with van der Waals surface area (Å²) in [7, 11) is 0. The third-order valence-corrected chi connectivity index (χ3v) is 3.97. The summed E-state index contributed by atoms with van der Waals surface area (Å²) >= 11 is 0. The number of aromatic nitrogens is 4. The predicted molar refractivity (Wildman–Crippen MR) is 94.7 cm³/mol. The quantitative estimate of drug-likeness (QED) is 0.619. The van der Waals surface area contributed by atoms with Gasteiger partial charge >= 0.3 is 0 Å². The third-order valence-electron chi connectivity index (χ3n) is 3.97. The minimum atomic E-state index is 0.163. The fraction of sp³-hybridized carbons (Fsp3) is 0.105. The maximum atomic E-state index is 4.65. The van der Waals surface area contributed by atoms with Gasteiger partial charge in [-0.15, -0.1) is 0 Å². The summed E-state index contributed by atoms with van der Waals surface area (Å²) in [6, 6.07) is 18.2. The monoisotopic (exact) mass is 315 g/mol. The molecule has 24 heavy (non-hydrogen) atoms. The molecule has 0 aliphatic heterocycles. The van der Waals surface area contributed by atoms with E-state index in [4.69, 9.17) is 0 Å². The Balaban J connectivity index is 1.64. The van der Waals surface area contributed by atoms with Gasteiger partial charge in [-0.3, -0.25) is 4.40 Å². The van der Waals surface area contributed by atoms with Gasteiger partial charge in [-0.2, -0.15) is 0 Å². The highest BCUT2D eigenvalue weighted by Crippen LogP contribution is 2.21. The van der Waals surface area contributed by atoms with Crippen LogP contribution in [0, 0.1) is 0 Å². The molecule has 3 aromatic heterocycles. The van der Waals surface area contributed by atoms with Gasteiger partial charge in [-0.1, -0.05) is 36.4 Å². The van der Waals surface area contributed by atoms with E-state index in [-0.39, 0.29) is 6.04 Å². The number of rotatable bonds is 4. The average Bonchev–Trinajstić information content (AvgIpc) is 3.07. The molecule has 118 valence electrons. The number of benzene rings is 1. The molecular weight excluding hydrogens is 298 g/mol. The van der Waals surface area contributed by atoms with Crippen LogP contribution < -0.4 is 5.32 Å². The summed E-state index contributed by atoms with van der Waals surface area (Å²) in [4.78, 5) is 13.4. The van der Waals surface area contributed by atoms with Crippen LogP contribution in [0.2, 0.25) is 0 Å². The number of anilines is 1. The molecule has 0 fully saturated rings. The Bertz CT molecular complexity index is 962. The van der Waals surface area contributed by atoms with Crippen molar-refractivity contribution < 1.29 is 0 Å². The van der Waals surface area contributed by atoms with Crippen molar-refractivity contribution in [3.05, 3.63) is 78.8 Å². The molecule has 3 heterocycles. The second-order valence-electron chi connectivity index (χ2n) is 5.61. The molecule has 0 bridgehead atoms. The summed E-state index contributed by atoms with van der Waals surface area (Å²) < 4.78 is 1.99. The van der Waals surface area contributed by atoms with Crippen molar-refractivity contribution >= 4 is 11.5 Å². The molecule has 1 aromatic carbocycles. The Morgan fingerprint density at radius 3 is 2.67 bits per heavy atom. The van der Waals surface area contributed by atoms with Crippen molar-refractivity contribution in [3.63, 3.8) is 0 Å². The molecule has 1 N–H and O–H groups in total. The number of nitrogens with zero attached hydrogens (tertiary/aromatic N) is 4. The molecule has 0 unspecified atom stereocenters. The topological polar surface area (TPSA) is 55.1 Å². The van der Waals surface area contributed by atoms with E-state index in [0.717, 1.165) is 17.2 Å². The van der Waals surface area contributed by atoms with Crippen LogP contribution in [0.15, 0.2) is 73.2 Å². The molecule has 0 aliphatic rings. The number of hydrogen-bond donors (Lipinski definition) is 1. The molecule has 0 saturated carbocycles. The molecule has 0 spiro atoms. The van der Waals surface area contributed by atoms with Crippen LogP contribution in [0.5, 0.6) is 0 Å². The van der Waals surface area contributed by atoms with E-state index in [1.54, 1.807) is 12.4 Å². The van der Waals surface area contributed by atoms with Crippen molar-refractivity contribution in [2.24, 2.45) is 0 Å². The zero-order chi connectivity index (χ0) is 16.4. The van der Waals surface area contributed by atoms with Gasteiger partial charge in [0.05, 0.1) is 6.20 Å². The lowest BCUT2D eigenvalue weighted by atomic mass is 10.1. The molecule has 5 nitrogen and oxygen atoms in total. The van der Waals surface area contributed by atoms with Crippen LogP contribution in [-0.4, -0.2) is 19.4 Å². The van der Waals surface area contributed by atoms with Gasteiger partial charge in [0.25, 0.3) is 0 Å². The van der Waals surface area contributed by atoms with Crippen molar-refractivity contribution in [2.75, 3.05) is 5.32 Å². The van der Waals surface area contributed by atoms with Crippen molar-refractivity contribution in [2.45, 2.75) is 13.0 Å². The Hall–Kier alpha value is -3.21. The lowest BCUT2D eigenvalue weighted by Crippen LogP contribution is -2.08. The van der Waals surface area contributed by atoms with Crippen LogP contribution in [0.3, 0.4) is 0 Å². The molecule has 4 aromatic rings. The number of nitrogens with one attached hydrogen (secondary N) is 1. The summed E-state index contributed by atoms with van der Waals surface area (Å²) in [5.74, 6) is 1.45. The Morgan fingerprint density at radius 2 is 1.79 bits per heavy atom. The van der Waals surface area contributed by atoms with E-state index in [9.17, 15) is 0 Å². The first kappa shape index (κ1) is 14.4. The summed E-state index contributed by atoms with van der Waals surface area (Å²) in [5, 5.41) is 3.43. The predicted octanol–water partition coefficient (Wildman–Crippen LogP) is 3.96. The number of fused-ring (bicyclic) bond motifs is 1. The number of hydrogen-bond acceptors (Lipinski definition) is 4. The lowest BCUT2D eigenvalue weighted by Gasteiger charge is -2.15. The van der Waals surface area contributed by atoms with E-state index in [1.807, 2.05) is 53.1 Å². The molecule has 0 saturated heterocycles. The van der Waals surface area contributed by atoms with Gasteiger partial charge in [0, 0.05) is 18.4 Å². The second-order valence-corrected chi connectivity index (χ2v) is 5.61. The Labute approximate surface area is 140 Å². The van der Waals surface area contributed by atoms with E-state index in [2.05, 4.69) is 39.3 Å². The van der Waals surface area contributed by atoms with Crippen LogP contribution in [0.4, 0.5) is 5.82 Å². The van der Waals surface area contributed by atoms with E-state index >= 15 is 0 Å². The van der Waals surface area contributed by atoms with Gasteiger partial charge in [0.15, 0.2) is 5.82 Å². The fourth-order valence-electron chi connectivity index (χ4n) is 2.71. The number of imidazole rings is 1. The molecule has 0 amide bonds. The van der Waals surface area contributed by atoms with E-state index in [0.29, 0.717) is 5.82 Å². The van der Waals surface area contributed by atoms with Crippen molar-refractivity contribution in [1.82, 2.24) is 19.4 Å². The smallest absolute Gasteiger partial charge is 0.180 e. The largest absolute Gasteiger partial charge is 0.363 e. The molecular formula is C19H17N5. The summed E-state index contributed by atoms with van der Waals surface area (Å²) in [6.07, 6.45) is 5.54. The van der Waals surface area contributed by atoms with E-state index in [1.165, 1.54) is 5.56 Å². The van der Waals surface area contributed by atoms with Gasteiger partial charge in [0.1, 0.15) is 17.2 Å². The van der Waals surface area contributed by atoms with Gasteiger partial charge in [0.2, 0.25) is 0 Å². The first-order chi connectivity index (χ1) is 11.8. The van der Waals surface area contributed by atoms with Gasteiger partial charge < -0.3 is 5.32 Å². The zero-order valence-electron chi connectivity index (χ0n) is 13.3. The minimum Gasteiger partial charge on any atom is -0.363 e. The third kappa shape index (κ3) is 2.72. The average molecular weight is 315 g/mol. The normalized spacial score (nSPS) is 12.2. The molecule has 0 radical (unpaired) electrons. The first-order valence-electron chi connectivity index (χ1n) is 7.88. The van der Waals surface area contributed by atoms with Gasteiger partial charge in [-0.05, 0) is 30.7 Å². The summed E-state index contributed by atoms with van der Waals surface area (Å²) in [5.41, 5.74) is 2.97. The molecule has 5 heteroatoms. The van der Waals surface area contributed by atoms with Crippen LogP contribution in [-0.2, 0) is 0 Å². The van der Waals surface area contributed by atoms with Crippen LogP contribution >= 0.6 is 0 Å². The van der Waals surface area contributed by atoms with Crippen molar-refractivity contribution in [1.29, 1.82) is 0 Å². The highest BCUT2D eigenvalue weighted by atomic mass is 15.1. The minimum absolute atomic E-state index is 0.163. The maximum absolute atomic E-state index is 4.65. The van der Waals surface area contributed by atoms with Crippen LogP contribution in [0.25, 0.3) is 17.2 Å². The highest BCUT2D eigenvalue weighted by Gasteiger charge is 2.10. The molecule has 1 atom stereocenters. The standard InChI is InChI=1S/C19H17N5/c1-14(15-7-3-2-4-8-15)22-17-10-11-20-19(23-17)16-13-21-18-9-5-6-12-24(16)18/h2-14H,1H3,(H,20,22,23)/t14-/m0/s1. The maximum Gasteiger partial charge on any atom is 0.180 e. The van der Waals surface area contributed by atoms with Crippen molar-refractivity contribution in [3.8, 4) is 11.5 Å². The van der Waals surface area contributed by atoms with Crippen LogP contribution in [0.1, 0.15) is 18.5 Å². The zero-order valence-corrected chi connectivity index (χ0v) is 13.3. The molecule has 4 rings (SSSR count). The molecule has 0 aliphatic carbocycles. The highest BCUT2D eigenvalue weighted by molar-refractivity contribution is 5.58. The second kappa shape index (κ2) is 6.12.